The number of fused-ring (bicyclic) bond motifs is 1. The SMILES string of the molecule is COC(=O)N(Cc1cccc(-c2ccc(N3CCc4ccccc4C3)c(NC(=O)c3cccs3)c2)c1)C1CCC(N)CC1. The third kappa shape index (κ3) is 6.60. The zero-order valence-electron chi connectivity index (χ0n) is 24.5. The molecule has 8 heteroatoms. The molecule has 4 aromatic rings. The Kier molecular flexibility index (Phi) is 8.77. The molecule has 2 heterocycles. The topological polar surface area (TPSA) is 87.9 Å². The highest BCUT2D eigenvalue weighted by Gasteiger charge is 2.28. The Balaban J connectivity index is 1.29. The summed E-state index contributed by atoms with van der Waals surface area (Å²) in [5, 5.41) is 5.13. The molecule has 2 aliphatic rings. The molecule has 0 atom stereocenters. The summed E-state index contributed by atoms with van der Waals surface area (Å²) in [7, 11) is 1.44. The summed E-state index contributed by atoms with van der Waals surface area (Å²) in [4.78, 5) is 30.9. The zero-order chi connectivity index (χ0) is 29.8. The summed E-state index contributed by atoms with van der Waals surface area (Å²) in [5.74, 6) is -0.111. The molecule has 0 spiro atoms. The standard InChI is InChI=1S/C35H38N4O3S/c1-42-35(41)39(30-14-12-29(36)13-15-30)22-24-6-4-9-26(20-24)27-11-16-32(31(21-27)37-34(40)33-10-5-19-43-33)38-18-17-25-7-2-3-8-28(25)23-38/h2-11,16,19-21,29-30H,12-15,17-18,22-23,36H2,1H3,(H,37,40). The van der Waals surface area contributed by atoms with Crippen LogP contribution in [-0.4, -0.2) is 42.6 Å². The van der Waals surface area contributed by atoms with Crippen molar-refractivity contribution in [1.29, 1.82) is 0 Å². The number of rotatable bonds is 7. The largest absolute Gasteiger partial charge is 0.453 e. The van der Waals surface area contributed by atoms with Gasteiger partial charge in [-0.3, -0.25) is 4.79 Å². The van der Waals surface area contributed by atoms with Gasteiger partial charge in [-0.25, -0.2) is 4.79 Å². The highest BCUT2D eigenvalue weighted by molar-refractivity contribution is 7.12. The lowest BCUT2D eigenvalue weighted by Gasteiger charge is -2.35. The second-order valence-corrected chi connectivity index (χ2v) is 12.4. The fourth-order valence-electron chi connectivity index (χ4n) is 6.30. The molecule has 1 aromatic heterocycles. The van der Waals surface area contributed by atoms with Crippen LogP contribution in [0.1, 0.15) is 52.0 Å². The summed E-state index contributed by atoms with van der Waals surface area (Å²) in [6, 6.07) is 27.2. The van der Waals surface area contributed by atoms with Crippen molar-refractivity contribution in [3.63, 3.8) is 0 Å². The first-order chi connectivity index (χ1) is 21.0. The van der Waals surface area contributed by atoms with E-state index in [1.54, 1.807) is 0 Å². The number of anilines is 2. The Morgan fingerprint density at radius 3 is 2.51 bits per heavy atom. The summed E-state index contributed by atoms with van der Waals surface area (Å²) in [6.45, 7) is 2.14. The van der Waals surface area contributed by atoms with Crippen molar-refractivity contribution in [3.8, 4) is 11.1 Å². The summed E-state index contributed by atoms with van der Waals surface area (Å²) in [6.07, 6.45) is 4.23. The van der Waals surface area contributed by atoms with Crippen molar-refractivity contribution in [3.05, 3.63) is 106 Å². The van der Waals surface area contributed by atoms with E-state index >= 15 is 0 Å². The number of carbonyl (C=O) groups is 2. The lowest BCUT2D eigenvalue weighted by molar-refractivity contribution is 0.0879. The number of benzene rings is 3. The van der Waals surface area contributed by atoms with Crippen LogP contribution in [-0.2, 0) is 24.2 Å². The lowest BCUT2D eigenvalue weighted by atomic mass is 9.90. The van der Waals surface area contributed by atoms with Crippen LogP contribution in [0.4, 0.5) is 16.2 Å². The second kappa shape index (κ2) is 13.0. The predicted octanol–water partition coefficient (Wildman–Crippen LogP) is 7.07. The van der Waals surface area contributed by atoms with Crippen LogP contribution in [0.5, 0.6) is 0 Å². The van der Waals surface area contributed by atoms with Crippen LogP contribution in [0.3, 0.4) is 0 Å². The molecule has 43 heavy (non-hydrogen) atoms. The summed E-state index contributed by atoms with van der Waals surface area (Å²) < 4.78 is 5.17. The van der Waals surface area contributed by atoms with Crippen molar-refractivity contribution in [1.82, 2.24) is 4.90 Å². The molecule has 6 rings (SSSR count). The number of amides is 2. The monoisotopic (exact) mass is 594 g/mol. The van der Waals surface area contributed by atoms with E-state index in [-0.39, 0.29) is 24.1 Å². The van der Waals surface area contributed by atoms with E-state index in [1.807, 2.05) is 34.5 Å². The smallest absolute Gasteiger partial charge is 0.410 e. The third-order valence-corrected chi connectivity index (χ3v) is 9.53. The summed E-state index contributed by atoms with van der Waals surface area (Å²) >= 11 is 1.43. The molecule has 3 aromatic carbocycles. The Morgan fingerprint density at radius 2 is 1.74 bits per heavy atom. The van der Waals surface area contributed by atoms with Gasteiger partial charge in [0.2, 0.25) is 0 Å². The number of thiophene rings is 1. The minimum absolute atomic E-state index is 0.111. The number of hydrogen-bond acceptors (Lipinski definition) is 6. The summed E-state index contributed by atoms with van der Waals surface area (Å²) in [5.41, 5.74) is 13.7. The van der Waals surface area contributed by atoms with Crippen LogP contribution in [0.2, 0.25) is 0 Å². The zero-order valence-corrected chi connectivity index (χ0v) is 25.3. The van der Waals surface area contributed by atoms with Crippen molar-refractivity contribution in [2.24, 2.45) is 5.73 Å². The molecule has 0 saturated heterocycles. The van der Waals surface area contributed by atoms with Gasteiger partial charge >= 0.3 is 6.09 Å². The molecular weight excluding hydrogens is 556 g/mol. The van der Waals surface area contributed by atoms with Crippen molar-refractivity contribution in [2.45, 2.75) is 57.3 Å². The second-order valence-electron chi connectivity index (χ2n) is 11.5. The third-order valence-electron chi connectivity index (χ3n) is 8.67. The minimum Gasteiger partial charge on any atom is -0.453 e. The first kappa shape index (κ1) is 29.0. The fourth-order valence-corrected chi connectivity index (χ4v) is 6.92. The highest BCUT2D eigenvalue weighted by Crippen LogP contribution is 2.35. The molecule has 1 fully saturated rings. The van der Waals surface area contributed by atoms with Gasteiger partial charge in [0.15, 0.2) is 0 Å². The number of methoxy groups -OCH3 is 1. The maximum atomic E-state index is 13.2. The van der Waals surface area contributed by atoms with Crippen LogP contribution < -0.4 is 16.0 Å². The molecule has 0 unspecified atom stereocenters. The molecule has 222 valence electrons. The molecule has 7 nitrogen and oxygen atoms in total. The Hall–Kier alpha value is -4.14. The van der Waals surface area contributed by atoms with Crippen LogP contribution in [0, 0.1) is 0 Å². The van der Waals surface area contributed by atoms with Gasteiger partial charge in [0.25, 0.3) is 5.91 Å². The number of nitrogens with zero attached hydrogens (tertiary/aromatic N) is 2. The molecule has 1 saturated carbocycles. The molecule has 3 N–H and O–H groups in total. The van der Waals surface area contributed by atoms with Gasteiger partial charge in [-0.1, -0.05) is 54.6 Å². The normalized spacial score (nSPS) is 18.0. The lowest BCUT2D eigenvalue weighted by Crippen LogP contribution is -2.43. The molecule has 0 radical (unpaired) electrons. The van der Waals surface area contributed by atoms with E-state index in [9.17, 15) is 9.59 Å². The number of nitrogens with one attached hydrogen (secondary N) is 1. The van der Waals surface area contributed by atoms with Crippen LogP contribution in [0.25, 0.3) is 11.1 Å². The van der Waals surface area contributed by atoms with Crippen LogP contribution >= 0.6 is 11.3 Å². The van der Waals surface area contributed by atoms with E-state index in [0.29, 0.717) is 11.4 Å². The Morgan fingerprint density at radius 1 is 0.953 bits per heavy atom. The van der Waals surface area contributed by atoms with Crippen molar-refractivity contribution < 1.29 is 14.3 Å². The number of ether oxygens (including phenoxy) is 1. The van der Waals surface area contributed by atoms with Gasteiger partial charge in [-0.05, 0) is 89.6 Å². The van der Waals surface area contributed by atoms with Gasteiger partial charge < -0.3 is 25.6 Å². The Labute approximate surface area is 257 Å². The van der Waals surface area contributed by atoms with E-state index in [2.05, 4.69) is 64.8 Å². The molecule has 0 bridgehead atoms. The maximum absolute atomic E-state index is 13.2. The quantitative estimate of drug-likeness (QED) is 0.239. The Bertz CT molecular complexity index is 1580. The van der Waals surface area contributed by atoms with E-state index in [4.69, 9.17) is 10.5 Å². The van der Waals surface area contributed by atoms with Gasteiger partial charge in [-0.15, -0.1) is 11.3 Å². The van der Waals surface area contributed by atoms with Crippen LogP contribution in [0.15, 0.2) is 84.2 Å². The molecular formula is C35H38N4O3S. The van der Waals surface area contributed by atoms with Gasteiger partial charge in [0.05, 0.1) is 23.4 Å². The van der Waals surface area contributed by atoms with E-state index in [1.165, 1.54) is 29.6 Å². The first-order valence-corrected chi connectivity index (χ1v) is 15.9. The maximum Gasteiger partial charge on any atom is 0.410 e. The predicted molar refractivity (Wildman–Crippen MR) is 174 cm³/mol. The molecule has 1 aliphatic carbocycles. The first-order valence-electron chi connectivity index (χ1n) is 15.0. The van der Waals surface area contributed by atoms with E-state index < -0.39 is 0 Å². The highest BCUT2D eigenvalue weighted by atomic mass is 32.1. The van der Waals surface area contributed by atoms with Gasteiger partial charge in [-0.2, -0.15) is 0 Å². The van der Waals surface area contributed by atoms with Crippen molar-refractivity contribution >= 4 is 34.7 Å². The average molecular weight is 595 g/mol. The van der Waals surface area contributed by atoms with Crippen molar-refractivity contribution in [2.75, 3.05) is 23.9 Å². The fraction of sp³-hybridized carbons (Fsp3) is 0.314. The van der Waals surface area contributed by atoms with Gasteiger partial charge in [0, 0.05) is 31.7 Å². The van der Waals surface area contributed by atoms with E-state index in [0.717, 1.165) is 73.3 Å². The number of hydrogen-bond donors (Lipinski definition) is 2. The number of nitrogens with two attached hydrogens (primary N) is 1. The molecule has 2 amide bonds. The molecule has 1 aliphatic heterocycles. The minimum atomic E-state index is -0.308. The number of carbonyl (C=O) groups excluding carboxylic acids is 2. The average Bonchev–Trinajstić information content (AvgIpc) is 3.59. The van der Waals surface area contributed by atoms with Gasteiger partial charge in [0.1, 0.15) is 0 Å².